The normalized spacial score (nSPS) is 22.6. The Kier molecular flexibility index (Phi) is 4.86. The highest BCUT2D eigenvalue weighted by Crippen LogP contribution is 2.28. The van der Waals surface area contributed by atoms with Crippen LogP contribution in [0.4, 0.5) is 0 Å². The van der Waals surface area contributed by atoms with Crippen LogP contribution in [0, 0.1) is 17.2 Å². The van der Waals surface area contributed by atoms with Crippen LogP contribution in [-0.2, 0) is 4.79 Å². The summed E-state index contributed by atoms with van der Waals surface area (Å²) in [6.07, 6.45) is 3.80. The molecule has 1 saturated carbocycles. The lowest BCUT2D eigenvalue weighted by Gasteiger charge is -2.17. The fourth-order valence-corrected chi connectivity index (χ4v) is 2.70. The van der Waals surface area contributed by atoms with Crippen molar-refractivity contribution < 1.29 is 14.6 Å². The van der Waals surface area contributed by atoms with Crippen LogP contribution in [0.5, 0.6) is 5.75 Å². The van der Waals surface area contributed by atoms with Crippen LogP contribution in [-0.4, -0.2) is 17.2 Å². The maximum Gasteiger partial charge on any atom is 0.306 e. The summed E-state index contributed by atoms with van der Waals surface area (Å²) in [7, 11) is 0. The van der Waals surface area contributed by atoms with Gasteiger partial charge in [0.15, 0.2) is 0 Å². The summed E-state index contributed by atoms with van der Waals surface area (Å²) < 4.78 is 5.86. The Labute approximate surface area is 122 Å². The molecule has 1 N–H and O–H groups in total. The summed E-state index contributed by atoms with van der Waals surface area (Å²) in [5.74, 6) is -0.340. The monoisotopic (exact) mass is 293 g/mol. The largest absolute Gasteiger partial charge is 0.490 e. The molecular weight excluding hydrogens is 278 g/mol. The minimum Gasteiger partial charge on any atom is -0.490 e. The zero-order valence-corrected chi connectivity index (χ0v) is 11.8. The number of halogens is 1. The highest BCUT2D eigenvalue weighted by Gasteiger charge is 2.24. The number of hydrogen-bond donors (Lipinski definition) is 1. The van der Waals surface area contributed by atoms with E-state index in [-0.39, 0.29) is 12.0 Å². The van der Waals surface area contributed by atoms with Crippen molar-refractivity contribution in [3.05, 3.63) is 28.8 Å². The molecule has 0 amide bonds. The average molecular weight is 294 g/mol. The van der Waals surface area contributed by atoms with E-state index >= 15 is 0 Å². The maximum absolute atomic E-state index is 11.0. The van der Waals surface area contributed by atoms with Crippen molar-refractivity contribution in [2.24, 2.45) is 5.92 Å². The van der Waals surface area contributed by atoms with Gasteiger partial charge >= 0.3 is 5.97 Å². The molecule has 0 aromatic heterocycles. The van der Waals surface area contributed by atoms with Crippen LogP contribution in [0.15, 0.2) is 18.2 Å². The highest BCUT2D eigenvalue weighted by atomic mass is 35.5. The van der Waals surface area contributed by atoms with E-state index in [2.05, 4.69) is 0 Å². The van der Waals surface area contributed by atoms with Crippen LogP contribution in [0.25, 0.3) is 0 Å². The highest BCUT2D eigenvalue weighted by molar-refractivity contribution is 6.31. The molecule has 2 rings (SSSR count). The van der Waals surface area contributed by atoms with Crippen LogP contribution in [0.3, 0.4) is 0 Å². The van der Waals surface area contributed by atoms with E-state index in [1.165, 1.54) is 0 Å². The minimum absolute atomic E-state index is 0.0170. The Morgan fingerprint density at radius 1 is 1.35 bits per heavy atom. The van der Waals surface area contributed by atoms with Crippen molar-refractivity contribution in [2.75, 3.05) is 0 Å². The quantitative estimate of drug-likeness (QED) is 0.864. The lowest BCUT2D eigenvalue weighted by atomic mass is 10.0. The molecule has 2 unspecified atom stereocenters. The second-order valence-electron chi connectivity index (χ2n) is 5.04. The standard InChI is InChI=1S/C15H16ClNO3/c16-14-8-13(7-5-11(14)9-17)20-12-3-1-2-10(4-6-12)15(18)19/h5,7-8,10,12H,1-4,6H2,(H,18,19). The first-order valence-electron chi connectivity index (χ1n) is 6.69. The first-order valence-corrected chi connectivity index (χ1v) is 7.07. The van der Waals surface area contributed by atoms with E-state index in [1.807, 2.05) is 6.07 Å². The molecule has 4 nitrogen and oxygen atoms in total. The number of nitriles is 1. The van der Waals surface area contributed by atoms with Crippen LogP contribution in [0.1, 0.15) is 37.7 Å². The first-order chi connectivity index (χ1) is 9.60. The number of benzene rings is 1. The van der Waals surface area contributed by atoms with Crippen molar-refractivity contribution in [3.8, 4) is 11.8 Å². The van der Waals surface area contributed by atoms with Crippen molar-refractivity contribution in [1.29, 1.82) is 5.26 Å². The second-order valence-corrected chi connectivity index (χ2v) is 5.44. The molecule has 0 heterocycles. The van der Waals surface area contributed by atoms with E-state index in [0.29, 0.717) is 29.2 Å². The molecule has 0 radical (unpaired) electrons. The molecule has 0 aliphatic heterocycles. The number of carboxylic acid groups (broad SMARTS) is 1. The third kappa shape index (κ3) is 3.64. The number of rotatable bonds is 3. The molecule has 0 saturated heterocycles. The molecule has 1 aromatic carbocycles. The predicted molar refractivity (Wildman–Crippen MR) is 74.8 cm³/mol. The van der Waals surface area contributed by atoms with Crippen molar-refractivity contribution in [3.63, 3.8) is 0 Å². The van der Waals surface area contributed by atoms with Crippen LogP contribution >= 0.6 is 11.6 Å². The van der Waals surface area contributed by atoms with Crippen LogP contribution in [0.2, 0.25) is 5.02 Å². The molecule has 106 valence electrons. The van der Waals surface area contributed by atoms with Gasteiger partial charge in [-0.3, -0.25) is 4.79 Å². The minimum atomic E-state index is -0.716. The smallest absolute Gasteiger partial charge is 0.306 e. The average Bonchev–Trinajstić information content (AvgIpc) is 2.65. The summed E-state index contributed by atoms with van der Waals surface area (Å²) in [6.45, 7) is 0. The van der Waals surface area contributed by atoms with Gasteiger partial charge in [-0.25, -0.2) is 0 Å². The van der Waals surface area contributed by atoms with Gasteiger partial charge < -0.3 is 9.84 Å². The number of carbonyl (C=O) groups is 1. The summed E-state index contributed by atoms with van der Waals surface area (Å²) in [6, 6.07) is 7.00. The summed E-state index contributed by atoms with van der Waals surface area (Å²) in [5, 5.41) is 18.2. The molecule has 20 heavy (non-hydrogen) atoms. The molecule has 1 fully saturated rings. The summed E-state index contributed by atoms with van der Waals surface area (Å²) in [4.78, 5) is 11.0. The van der Waals surface area contributed by atoms with Crippen molar-refractivity contribution >= 4 is 17.6 Å². The zero-order chi connectivity index (χ0) is 14.5. The van der Waals surface area contributed by atoms with Gasteiger partial charge in [0.2, 0.25) is 0 Å². The third-order valence-electron chi connectivity index (χ3n) is 3.63. The molecular formula is C15H16ClNO3. The van der Waals surface area contributed by atoms with Crippen molar-refractivity contribution in [2.45, 2.75) is 38.2 Å². The number of carboxylic acids is 1. The SMILES string of the molecule is N#Cc1ccc(OC2CCCC(C(=O)O)CC2)cc1Cl. The second kappa shape index (κ2) is 6.62. The Morgan fingerprint density at radius 2 is 2.15 bits per heavy atom. The molecule has 0 bridgehead atoms. The molecule has 5 heteroatoms. The Balaban J connectivity index is 1.98. The Bertz CT molecular complexity index is 538. The number of aliphatic carboxylic acids is 1. The fourth-order valence-electron chi connectivity index (χ4n) is 2.48. The lowest BCUT2D eigenvalue weighted by Crippen LogP contribution is -2.16. The number of nitrogens with zero attached hydrogens (tertiary/aromatic N) is 1. The molecule has 2 atom stereocenters. The van der Waals surface area contributed by atoms with Crippen molar-refractivity contribution in [1.82, 2.24) is 0 Å². The van der Waals surface area contributed by atoms with E-state index in [4.69, 9.17) is 26.7 Å². The fraction of sp³-hybridized carbons (Fsp3) is 0.467. The van der Waals surface area contributed by atoms with Gasteiger partial charge in [-0.2, -0.15) is 5.26 Å². The maximum atomic E-state index is 11.0. The van der Waals surface area contributed by atoms with Crippen LogP contribution < -0.4 is 4.74 Å². The summed E-state index contributed by atoms with van der Waals surface area (Å²) >= 11 is 5.96. The topological polar surface area (TPSA) is 70.3 Å². The van der Waals surface area contributed by atoms with Gasteiger partial charge in [-0.15, -0.1) is 0 Å². The van der Waals surface area contributed by atoms with E-state index < -0.39 is 5.97 Å². The van der Waals surface area contributed by atoms with Gasteiger partial charge in [0, 0.05) is 6.07 Å². The molecule has 1 aliphatic carbocycles. The zero-order valence-electron chi connectivity index (χ0n) is 11.0. The van der Waals surface area contributed by atoms with E-state index in [9.17, 15) is 4.79 Å². The third-order valence-corrected chi connectivity index (χ3v) is 3.94. The first kappa shape index (κ1) is 14.7. The number of hydrogen-bond acceptors (Lipinski definition) is 3. The number of ether oxygens (including phenoxy) is 1. The Morgan fingerprint density at radius 3 is 2.80 bits per heavy atom. The van der Waals surface area contributed by atoms with Gasteiger partial charge in [0.1, 0.15) is 11.8 Å². The summed E-state index contributed by atoms with van der Waals surface area (Å²) in [5.41, 5.74) is 0.422. The molecule has 1 aliphatic rings. The molecule has 1 aromatic rings. The van der Waals surface area contributed by atoms with Gasteiger partial charge in [0.25, 0.3) is 0 Å². The Hall–Kier alpha value is -1.73. The van der Waals surface area contributed by atoms with Gasteiger partial charge in [0.05, 0.1) is 22.6 Å². The van der Waals surface area contributed by atoms with Gasteiger partial charge in [-0.1, -0.05) is 11.6 Å². The van der Waals surface area contributed by atoms with E-state index in [0.717, 1.165) is 19.3 Å². The molecule has 0 spiro atoms. The van der Waals surface area contributed by atoms with Gasteiger partial charge in [-0.05, 0) is 44.2 Å². The predicted octanol–water partition coefficient (Wildman–Crippen LogP) is 3.62. The lowest BCUT2D eigenvalue weighted by molar-refractivity contribution is -0.142. The van der Waals surface area contributed by atoms with E-state index in [1.54, 1.807) is 18.2 Å².